The average Bonchev–Trinajstić information content (AvgIpc) is 2.89. The minimum absolute atomic E-state index is 0.0275. The Kier molecular flexibility index (Phi) is 5.58. The molecule has 0 amide bonds. The van der Waals surface area contributed by atoms with E-state index in [1.807, 2.05) is 17.6 Å². The second kappa shape index (κ2) is 7.85. The minimum atomic E-state index is 0.0275. The predicted octanol–water partition coefficient (Wildman–Crippen LogP) is 1.95. The summed E-state index contributed by atoms with van der Waals surface area (Å²) in [6.07, 6.45) is 6.56. The molecule has 0 bridgehead atoms. The Morgan fingerprint density at radius 3 is 2.96 bits per heavy atom. The molecule has 0 aliphatic carbocycles. The number of aromatic nitrogens is 3. The molecule has 2 aromatic heterocycles. The second-order valence-corrected chi connectivity index (χ2v) is 6.36. The molecule has 2 aromatic rings. The van der Waals surface area contributed by atoms with Gasteiger partial charge in [-0.15, -0.1) is 0 Å². The number of fused-ring (bicyclic) bond motifs is 1. The SMILES string of the molecule is CCC[C@@H](c1nc2ccncc2c(=O)n1CC)N1CCCNCC1. The molecule has 1 aliphatic rings. The summed E-state index contributed by atoms with van der Waals surface area (Å²) in [5, 5.41) is 4.06. The van der Waals surface area contributed by atoms with Crippen LogP contribution in [0.1, 0.15) is 45.0 Å². The van der Waals surface area contributed by atoms with E-state index in [0.717, 1.165) is 56.8 Å². The fraction of sp³-hybridized carbons (Fsp3) is 0.611. The third-order valence-corrected chi connectivity index (χ3v) is 4.78. The number of hydrogen-bond donors (Lipinski definition) is 1. The van der Waals surface area contributed by atoms with Gasteiger partial charge in [0, 0.05) is 38.6 Å². The minimum Gasteiger partial charge on any atom is -0.315 e. The Bertz CT molecular complexity index is 734. The van der Waals surface area contributed by atoms with E-state index in [4.69, 9.17) is 4.98 Å². The molecule has 1 aliphatic heterocycles. The van der Waals surface area contributed by atoms with Crippen molar-refractivity contribution in [3.63, 3.8) is 0 Å². The first-order valence-corrected chi connectivity index (χ1v) is 9.05. The molecule has 0 spiro atoms. The molecule has 0 unspecified atom stereocenters. The summed E-state index contributed by atoms with van der Waals surface area (Å²) in [4.78, 5) is 24.4. The quantitative estimate of drug-likeness (QED) is 0.908. The van der Waals surface area contributed by atoms with Gasteiger partial charge < -0.3 is 5.32 Å². The summed E-state index contributed by atoms with van der Waals surface area (Å²) in [5.74, 6) is 0.907. The molecule has 0 radical (unpaired) electrons. The average molecular weight is 329 g/mol. The molecule has 3 rings (SSSR count). The van der Waals surface area contributed by atoms with Crippen molar-refractivity contribution >= 4 is 10.9 Å². The number of nitrogens with one attached hydrogen (secondary N) is 1. The van der Waals surface area contributed by atoms with Gasteiger partial charge >= 0.3 is 0 Å². The molecule has 1 N–H and O–H groups in total. The molecular formula is C18H27N5O. The smallest absolute Gasteiger partial charge is 0.262 e. The standard InChI is InChI=1S/C18H27N5O/c1-3-6-16(22-11-5-8-19-10-12-22)17-21-15-7-9-20-13-14(15)18(24)23(17)4-2/h7,9,13,16,19H,3-6,8,10-12H2,1-2H3/t16-/m0/s1. The summed E-state index contributed by atoms with van der Waals surface area (Å²) >= 11 is 0. The topological polar surface area (TPSA) is 63.1 Å². The van der Waals surface area contributed by atoms with Crippen LogP contribution in [0.2, 0.25) is 0 Å². The fourth-order valence-electron chi connectivity index (χ4n) is 3.57. The van der Waals surface area contributed by atoms with Gasteiger partial charge in [0.25, 0.3) is 5.56 Å². The van der Waals surface area contributed by atoms with Gasteiger partial charge in [0.2, 0.25) is 0 Å². The lowest BCUT2D eigenvalue weighted by Gasteiger charge is -2.31. The highest BCUT2D eigenvalue weighted by atomic mass is 16.1. The molecular weight excluding hydrogens is 302 g/mol. The maximum Gasteiger partial charge on any atom is 0.262 e. The van der Waals surface area contributed by atoms with E-state index in [1.54, 1.807) is 12.4 Å². The molecule has 1 fully saturated rings. The summed E-state index contributed by atoms with van der Waals surface area (Å²) in [6.45, 7) is 8.95. The Balaban J connectivity index is 2.10. The molecule has 3 heterocycles. The fourth-order valence-corrected chi connectivity index (χ4v) is 3.57. The van der Waals surface area contributed by atoms with E-state index in [-0.39, 0.29) is 11.6 Å². The number of nitrogens with zero attached hydrogens (tertiary/aromatic N) is 4. The molecule has 130 valence electrons. The molecule has 1 atom stereocenters. The van der Waals surface area contributed by atoms with Crippen molar-refractivity contribution in [2.24, 2.45) is 0 Å². The highest BCUT2D eigenvalue weighted by Crippen LogP contribution is 2.25. The first-order valence-electron chi connectivity index (χ1n) is 9.05. The van der Waals surface area contributed by atoms with E-state index in [1.165, 1.54) is 0 Å². The Morgan fingerprint density at radius 1 is 1.29 bits per heavy atom. The largest absolute Gasteiger partial charge is 0.315 e. The summed E-state index contributed by atoms with van der Waals surface area (Å²) in [6, 6.07) is 2.04. The Hall–Kier alpha value is -1.79. The molecule has 0 aromatic carbocycles. The first-order chi connectivity index (χ1) is 11.8. The van der Waals surface area contributed by atoms with E-state index in [9.17, 15) is 4.79 Å². The zero-order chi connectivity index (χ0) is 16.9. The lowest BCUT2D eigenvalue weighted by atomic mass is 10.1. The third kappa shape index (κ3) is 3.35. The van der Waals surface area contributed by atoms with Crippen molar-refractivity contribution in [1.82, 2.24) is 24.8 Å². The van der Waals surface area contributed by atoms with Crippen LogP contribution in [0.4, 0.5) is 0 Å². The van der Waals surface area contributed by atoms with E-state index in [0.29, 0.717) is 11.9 Å². The van der Waals surface area contributed by atoms with Crippen LogP contribution < -0.4 is 10.9 Å². The summed E-state index contributed by atoms with van der Waals surface area (Å²) in [5.41, 5.74) is 0.781. The predicted molar refractivity (Wildman–Crippen MR) is 96.2 cm³/mol. The van der Waals surface area contributed by atoms with E-state index < -0.39 is 0 Å². The maximum absolute atomic E-state index is 12.9. The van der Waals surface area contributed by atoms with Gasteiger partial charge in [0.05, 0.1) is 16.9 Å². The van der Waals surface area contributed by atoms with Gasteiger partial charge in [-0.2, -0.15) is 0 Å². The number of pyridine rings is 1. The Morgan fingerprint density at radius 2 is 2.17 bits per heavy atom. The van der Waals surface area contributed by atoms with Gasteiger partial charge in [-0.05, 0) is 32.4 Å². The van der Waals surface area contributed by atoms with E-state index >= 15 is 0 Å². The van der Waals surface area contributed by atoms with Crippen LogP contribution in [0.3, 0.4) is 0 Å². The Labute approximate surface area is 142 Å². The van der Waals surface area contributed by atoms with Crippen LogP contribution in [0.15, 0.2) is 23.3 Å². The highest BCUT2D eigenvalue weighted by Gasteiger charge is 2.25. The van der Waals surface area contributed by atoms with Gasteiger partial charge in [-0.3, -0.25) is 19.2 Å². The zero-order valence-electron chi connectivity index (χ0n) is 14.7. The van der Waals surface area contributed by atoms with Crippen LogP contribution >= 0.6 is 0 Å². The second-order valence-electron chi connectivity index (χ2n) is 6.36. The van der Waals surface area contributed by atoms with Crippen molar-refractivity contribution in [2.75, 3.05) is 26.2 Å². The van der Waals surface area contributed by atoms with Crippen LogP contribution in [0, 0.1) is 0 Å². The molecule has 6 heteroatoms. The van der Waals surface area contributed by atoms with Gasteiger partial charge in [-0.25, -0.2) is 4.98 Å². The monoisotopic (exact) mass is 329 g/mol. The zero-order valence-corrected chi connectivity index (χ0v) is 14.7. The van der Waals surface area contributed by atoms with Gasteiger partial charge in [0.1, 0.15) is 5.82 Å². The van der Waals surface area contributed by atoms with E-state index in [2.05, 4.69) is 22.1 Å². The lowest BCUT2D eigenvalue weighted by molar-refractivity contribution is 0.185. The summed E-state index contributed by atoms with van der Waals surface area (Å²) in [7, 11) is 0. The summed E-state index contributed by atoms with van der Waals surface area (Å²) < 4.78 is 1.84. The van der Waals surface area contributed by atoms with Crippen LogP contribution in [0.5, 0.6) is 0 Å². The van der Waals surface area contributed by atoms with Crippen molar-refractivity contribution in [3.05, 3.63) is 34.6 Å². The number of hydrogen-bond acceptors (Lipinski definition) is 5. The van der Waals surface area contributed by atoms with Crippen molar-refractivity contribution in [2.45, 2.75) is 45.7 Å². The van der Waals surface area contributed by atoms with Gasteiger partial charge in [-0.1, -0.05) is 13.3 Å². The third-order valence-electron chi connectivity index (χ3n) is 4.78. The normalized spacial score (nSPS) is 17.8. The van der Waals surface area contributed by atoms with Crippen LogP contribution in [-0.2, 0) is 6.54 Å². The maximum atomic E-state index is 12.9. The number of rotatable bonds is 5. The van der Waals surface area contributed by atoms with Crippen molar-refractivity contribution < 1.29 is 0 Å². The van der Waals surface area contributed by atoms with Crippen molar-refractivity contribution in [3.8, 4) is 0 Å². The molecule has 1 saturated heterocycles. The molecule has 24 heavy (non-hydrogen) atoms. The lowest BCUT2D eigenvalue weighted by Crippen LogP contribution is -2.37. The van der Waals surface area contributed by atoms with Gasteiger partial charge in [0.15, 0.2) is 0 Å². The van der Waals surface area contributed by atoms with Crippen molar-refractivity contribution in [1.29, 1.82) is 0 Å². The first kappa shape index (κ1) is 17.0. The van der Waals surface area contributed by atoms with Crippen LogP contribution in [-0.4, -0.2) is 45.6 Å². The molecule has 0 saturated carbocycles. The van der Waals surface area contributed by atoms with Crippen LogP contribution in [0.25, 0.3) is 10.9 Å². The highest BCUT2D eigenvalue weighted by molar-refractivity contribution is 5.76. The molecule has 6 nitrogen and oxygen atoms in total.